The molecule has 1 aromatic rings. The zero-order valence-corrected chi connectivity index (χ0v) is 14.0. The Bertz CT molecular complexity index is 680. The van der Waals surface area contributed by atoms with Crippen LogP contribution in [0.5, 0.6) is 5.75 Å². The summed E-state index contributed by atoms with van der Waals surface area (Å²) in [6.45, 7) is 5.07. The van der Waals surface area contributed by atoms with Crippen molar-refractivity contribution in [2.24, 2.45) is 0 Å². The molecular formula is C16H20N2O6. The van der Waals surface area contributed by atoms with Crippen molar-refractivity contribution in [2.45, 2.75) is 32.4 Å². The van der Waals surface area contributed by atoms with Crippen LogP contribution >= 0.6 is 0 Å². The van der Waals surface area contributed by atoms with Gasteiger partial charge >= 0.3 is 12.1 Å². The first kappa shape index (κ1) is 17.6. The number of carbonyl (C=O) groups is 3. The molecule has 0 saturated heterocycles. The standard InChI is InChI=1S/C16H20N2O6/c1-16(2,3)24-15(22)17-10-8-23-12-6-5-9(14(20)21)7-11(12)18(4)13(10)19/h5-7,10H,8H2,1-4H3,(H,17,22)(H,20,21)/t10-/m1/s1. The SMILES string of the molecule is CN1C(=O)[C@H](NC(=O)OC(C)(C)C)COc2ccc(C(=O)O)cc21. The number of hydrogen-bond acceptors (Lipinski definition) is 5. The number of carboxylic acid groups (broad SMARTS) is 1. The van der Waals surface area contributed by atoms with Crippen LogP contribution in [-0.2, 0) is 9.53 Å². The zero-order valence-electron chi connectivity index (χ0n) is 14.0. The van der Waals surface area contributed by atoms with Gasteiger partial charge < -0.3 is 24.8 Å². The maximum Gasteiger partial charge on any atom is 0.408 e. The minimum absolute atomic E-state index is 0.0375. The molecule has 1 heterocycles. The van der Waals surface area contributed by atoms with Gasteiger partial charge in [-0.05, 0) is 39.0 Å². The van der Waals surface area contributed by atoms with Gasteiger partial charge in [0.2, 0.25) is 0 Å². The molecule has 1 atom stereocenters. The average Bonchev–Trinajstić information content (AvgIpc) is 2.57. The first-order valence-corrected chi connectivity index (χ1v) is 7.36. The summed E-state index contributed by atoms with van der Waals surface area (Å²) in [5.74, 6) is -1.17. The van der Waals surface area contributed by atoms with E-state index in [1.54, 1.807) is 20.8 Å². The van der Waals surface area contributed by atoms with E-state index in [0.717, 1.165) is 0 Å². The Morgan fingerprint density at radius 3 is 2.62 bits per heavy atom. The van der Waals surface area contributed by atoms with Gasteiger partial charge in [0.1, 0.15) is 24.0 Å². The van der Waals surface area contributed by atoms with Crippen molar-refractivity contribution < 1.29 is 29.0 Å². The molecular weight excluding hydrogens is 316 g/mol. The summed E-state index contributed by atoms with van der Waals surface area (Å²) < 4.78 is 10.7. The molecule has 0 bridgehead atoms. The van der Waals surface area contributed by atoms with Crippen molar-refractivity contribution in [3.8, 4) is 5.75 Å². The Morgan fingerprint density at radius 2 is 2.04 bits per heavy atom. The summed E-state index contributed by atoms with van der Waals surface area (Å²) in [4.78, 5) is 36.7. The molecule has 0 spiro atoms. The van der Waals surface area contributed by atoms with E-state index in [2.05, 4.69) is 5.32 Å². The summed E-state index contributed by atoms with van der Waals surface area (Å²) in [6, 6.07) is 3.29. The predicted molar refractivity (Wildman–Crippen MR) is 85.5 cm³/mol. The number of nitrogens with one attached hydrogen (secondary N) is 1. The van der Waals surface area contributed by atoms with E-state index in [1.807, 2.05) is 0 Å². The molecule has 24 heavy (non-hydrogen) atoms. The summed E-state index contributed by atoms with van der Waals surface area (Å²) in [6.07, 6.45) is -0.727. The first-order valence-electron chi connectivity index (χ1n) is 7.36. The molecule has 0 aromatic heterocycles. The topological polar surface area (TPSA) is 105 Å². The summed E-state index contributed by atoms with van der Waals surface area (Å²) in [5.41, 5.74) is -0.326. The predicted octanol–water partition coefficient (Wildman–Crippen LogP) is 1.63. The molecule has 0 aliphatic carbocycles. The number of rotatable bonds is 2. The highest BCUT2D eigenvalue weighted by Crippen LogP contribution is 2.31. The van der Waals surface area contributed by atoms with E-state index < -0.39 is 29.6 Å². The van der Waals surface area contributed by atoms with Crippen molar-refractivity contribution in [1.29, 1.82) is 0 Å². The number of fused-ring (bicyclic) bond motifs is 1. The Kier molecular flexibility index (Phi) is 4.68. The maximum atomic E-state index is 12.5. The lowest BCUT2D eigenvalue weighted by Crippen LogP contribution is -2.50. The minimum atomic E-state index is -1.11. The van der Waals surface area contributed by atoms with Crippen LogP contribution < -0.4 is 15.0 Å². The monoisotopic (exact) mass is 336 g/mol. The third-order valence-corrected chi connectivity index (χ3v) is 3.29. The van der Waals surface area contributed by atoms with Gasteiger partial charge in [-0.3, -0.25) is 4.79 Å². The van der Waals surface area contributed by atoms with Gasteiger partial charge in [-0.25, -0.2) is 9.59 Å². The second kappa shape index (κ2) is 6.38. The number of ether oxygens (including phenoxy) is 2. The van der Waals surface area contributed by atoms with E-state index in [4.69, 9.17) is 14.6 Å². The molecule has 2 amide bonds. The van der Waals surface area contributed by atoms with Crippen molar-refractivity contribution in [3.63, 3.8) is 0 Å². The fraction of sp³-hybridized carbons (Fsp3) is 0.438. The quantitative estimate of drug-likeness (QED) is 0.850. The minimum Gasteiger partial charge on any atom is -0.489 e. The average molecular weight is 336 g/mol. The number of likely N-dealkylation sites (N-methyl/N-ethyl adjacent to an activating group) is 1. The highest BCUT2D eigenvalue weighted by molar-refractivity contribution is 6.01. The van der Waals surface area contributed by atoms with E-state index >= 15 is 0 Å². The lowest BCUT2D eigenvalue weighted by Gasteiger charge is -2.23. The van der Waals surface area contributed by atoms with Crippen molar-refractivity contribution in [1.82, 2.24) is 5.32 Å². The molecule has 8 heteroatoms. The van der Waals surface area contributed by atoms with Crippen LogP contribution in [0.15, 0.2) is 18.2 Å². The van der Waals surface area contributed by atoms with Gasteiger partial charge in [-0.15, -0.1) is 0 Å². The highest BCUT2D eigenvalue weighted by Gasteiger charge is 2.32. The van der Waals surface area contributed by atoms with E-state index in [1.165, 1.54) is 30.1 Å². The number of nitrogens with zero attached hydrogens (tertiary/aromatic N) is 1. The molecule has 0 saturated carbocycles. The van der Waals surface area contributed by atoms with Gasteiger partial charge in [0.05, 0.1) is 11.3 Å². The first-order chi connectivity index (χ1) is 11.1. The van der Waals surface area contributed by atoms with Crippen LogP contribution in [0.25, 0.3) is 0 Å². The Balaban J connectivity index is 2.20. The molecule has 130 valence electrons. The third kappa shape index (κ3) is 3.95. The van der Waals surface area contributed by atoms with Crippen LogP contribution in [0.3, 0.4) is 0 Å². The summed E-state index contributed by atoms with van der Waals surface area (Å²) in [5, 5.41) is 11.5. The second-order valence-corrected chi connectivity index (χ2v) is 6.39. The molecule has 1 aliphatic rings. The van der Waals surface area contributed by atoms with E-state index in [9.17, 15) is 14.4 Å². The Labute approximate surface area is 139 Å². The number of alkyl carbamates (subject to hydrolysis) is 1. The van der Waals surface area contributed by atoms with Gasteiger partial charge in [-0.1, -0.05) is 0 Å². The van der Waals surface area contributed by atoms with Gasteiger partial charge in [0.25, 0.3) is 5.91 Å². The van der Waals surface area contributed by atoms with Crippen molar-refractivity contribution >= 4 is 23.7 Å². The van der Waals surface area contributed by atoms with Gasteiger partial charge in [0, 0.05) is 7.05 Å². The van der Waals surface area contributed by atoms with Gasteiger partial charge in [0.15, 0.2) is 0 Å². The normalized spacial score (nSPS) is 17.4. The number of amides is 2. The van der Waals surface area contributed by atoms with Crippen LogP contribution in [0, 0.1) is 0 Å². The number of benzene rings is 1. The largest absolute Gasteiger partial charge is 0.489 e. The summed E-state index contributed by atoms with van der Waals surface area (Å²) >= 11 is 0. The van der Waals surface area contributed by atoms with Gasteiger partial charge in [-0.2, -0.15) is 0 Å². The van der Waals surface area contributed by atoms with E-state index in [-0.39, 0.29) is 12.2 Å². The molecule has 1 aliphatic heterocycles. The smallest absolute Gasteiger partial charge is 0.408 e. The summed E-state index contributed by atoms with van der Waals surface area (Å²) in [7, 11) is 1.49. The number of aromatic carboxylic acids is 1. The molecule has 8 nitrogen and oxygen atoms in total. The molecule has 2 N–H and O–H groups in total. The van der Waals surface area contributed by atoms with Crippen LogP contribution in [-0.4, -0.2) is 48.4 Å². The number of carbonyl (C=O) groups excluding carboxylic acids is 2. The number of carboxylic acids is 1. The van der Waals surface area contributed by atoms with Crippen molar-refractivity contribution in [2.75, 3.05) is 18.6 Å². The number of anilines is 1. The van der Waals surface area contributed by atoms with Crippen molar-refractivity contribution in [3.05, 3.63) is 23.8 Å². The molecule has 0 unspecified atom stereocenters. The zero-order chi connectivity index (χ0) is 18.1. The fourth-order valence-electron chi connectivity index (χ4n) is 2.18. The fourth-order valence-corrected chi connectivity index (χ4v) is 2.18. The molecule has 2 rings (SSSR count). The Morgan fingerprint density at radius 1 is 1.38 bits per heavy atom. The highest BCUT2D eigenvalue weighted by atomic mass is 16.6. The molecule has 0 radical (unpaired) electrons. The van der Waals surface area contributed by atoms with Crippen LogP contribution in [0.1, 0.15) is 31.1 Å². The van der Waals surface area contributed by atoms with Crippen LogP contribution in [0.2, 0.25) is 0 Å². The molecule has 1 aromatic carbocycles. The molecule has 0 fully saturated rings. The lowest BCUT2D eigenvalue weighted by atomic mass is 10.1. The van der Waals surface area contributed by atoms with Crippen LogP contribution in [0.4, 0.5) is 10.5 Å². The second-order valence-electron chi connectivity index (χ2n) is 6.39. The Hall–Kier alpha value is -2.77. The lowest BCUT2D eigenvalue weighted by molar-refractivity contribution is -0.120. The van der Waals surface area contributed by atoms with E-state index in [0.29, 0.717) is 11.4 Å². The number of hydrogen-bond donors (Lipinski definition) is 2. The maximum absolute atomic E-state index is 12.5. The third-order valence-electron chi connectivity index (χ3n) is 3.29.